The fourth-order valence-electron chi connectivity index (χ4n) is 4.51. The van der Waals surface area contributed by atoms with Crippen LogP contribution in [0.4, 0.5) is 5.82 Å². The normalized spacial score (nSPS) is 14.4. The van der Waals surface area contributed by atoms with Gasteiger partial charge in [0, 0.05) is 24.2 Å². The minimum atomic E-state index is 0.0574. The molecule has 0 unspecified atom stereocenters. The first kappa shape index (κ1) is 21.7. The third kappa shape index (κ3) is 3.79. The van der Waals surface area contributed by atoms with Gasteiger partial charge in [0.2, 0.25) is 0 Å². The molecule has 0 spiro atoms. The van der Waals surface area contributed by atoms with Crippen LogP contribution in [-0.2, 0) is 0 Å². The summed E-state index contributed by atoms with van der Waals surface area (Å²) in [4.78, 5) is 23.5. The number of nitrogens with zero attached hydrogens (tertiary/aromatic N) is 5. The summed E-state index contributed by atoms with van der Waals surface area (Å²) < 4.78 is 12.8. The molecule has 4 aromatic rings. The molecule has 1 aliphatic heterocycles. The van der Waals surface area contributed by atoms with Crippen LogP contribution in [-0.4, -0.2) is 57.9 Å². The third-order valence-electron chi connectivity index (χ3n) is 6.29. The summed E-state index contributed by atoms with van der Waals surface area (Å²) in [5, 5.41) is 5.64. The average Bonchev–Trinajstić information content (AvgIpc) is 3.29. The fourth-order valence-corrected chi connectivity index (χ4v) is 4.51. The number of ether oxygens (including phenoxy) is 2. The number of anilines is 1. The van der Waals surface area contributed by atoms with Crippen molar-refractivity contribution in [1.82, 2.24) is 24.6 Å². The van der Waals surface area contributed by atoms with Gasteiger partial charge in [0.05, 0.1) is 25.6 Å². The maximum Gasteiger partial charge on any atom is 0.253 e. The standard InChI is InChI=1S/C25H26N6O3/c1-33-19-9-8-17(14-20(19)34-2)22-21-23(26)27-15-28-24(21)31(29-22)18-10-12-30(13-11-18)25(32)16-6-4-3-5-7-16/h3-9,14-15,18H,10-13H2,1-2H3,(H2,26,27,28). The molecule has 1 saturated heterocycles. The highest BCUT2D eigenvalue weighted by atomic mass is 16.5. The molecule has 0 radical (unpaired) electrons. The van der Waals surface area contributed by atoms with Gasteiger partial charge in [-0.1, -0.05) is 18.2 Å². The Balaban J connectivity index is 1.47. The second-order valence-corrected chi connectivity index (χ2v) is 8.21. The van der Waals surface area contributed by atoms with E-state index in [1.54, 1.807) is 14.2 Å². The number of rotatable bonds is 5. The Bertz CT molecular complexity index is 1330. The van der Waals surface area contributed by atoms with Crippen molar-refractivity contribution in [3.63, 3.8) is 0 Å². The number of benzene rings is 2. The summed E-state index contributed by atoms with van der Waals surface area (Å²) in [5.74, 6) is 1.67. The number of hydrogen-bond donors (Lipinski definition) is 1. The minimum Gasteiger partial charge on any atom is -0.493 e. The van der Waals surface area contributed by atoms with Gasteiger partial charge in [-0.25, -0.2) is 14.6 Å². The molecule has 0 atom stereocenters. The number of carbonyl (C=O) groups excluding carboxylic acids is 1. The van der Waals surface area contributed by atoms with Crippen LogP contribution in [0.5, 0.6) is 11.5 Å². The molecule has 0 aliphatic carbocycles. The number of methoxy groups -OCH3 is 2. The van der Waals surface area contributed by atoms with Crippen molar-refractivity contribution in [2.45, 2.75) is 18.9 Å². The van der Waals surface area contributed by atoms with E-state index in [2.05, 4.69) is 9.97 Å². The lowest BCUT2D eigenvalue weighted by Gasteiger charge is -2.32. The van der Waals surface area contributed by atoms with Crippen molar-refractivity contribution >= 4 is 22.8 Å². The molecular formula is C25H26N6O3. The highest BCUT2D eigenvalue weighted by molar-refractivity contribution is 5.98. The summed E-state index contributed by atoms with van der Waals surface area (Å²) in [6, 6.07) is 15.1. The molecule has 9 heteroatoms. The predicted octanol–water partition coefficient (Wildman–Crippen LogP) is 3.57. The van der Waals surface area contributed by atoms with Gasteiger partial charge in [-0.05, 0) is 43.2 Å². The van der Waals surface area contributed by atoms with Crippen molar-refractivity contribution in [3.05, 3.63) is 60.4 Å². The molecule has 2 N–H and O–H groups in total. The van der Waals surface area contributed by atoms with Crippen molar-refractivity contribution in [2.75, 3.05) is 33.0 Å². The van der Waals surface area contributed by atoms with Gasteiger partial charge in [-0.3, -0.25) is 4.79 Å². The number of carbonyl (C=O) groups is 1. The molecule has 1 fully saturated rings. The van der Waals surface area contributed by atoms with E-state index in [-0.39, 0.29) is 11.9 Å². The Morgan fingerprint density at radius 3 is 2.44 bits per heavy atom. The molecule has 1 amide bonds. The monoisotopic (exact) mass is 458 g/mol. The van der Waals surface area contributed by atoms with E-state index >= 15 is 0 Å². The highest BCUT2D eigenvalue weighted by Gasteiger charge is 2.28. The first-order valence-corrected chi connectivity index (χ1v) is 11.2. The zero-order chi connectivity index (χ0) is 23.7. The largest absolute Gasteiger partial charge is 0.493 e. The van der Waals surface area contributed by atoms with E-state index < -0.39 is 0 Å². The number of fused-ring (bicyclic) bond motifs is 1. The average molecular weight is 459 g/mol. The molecule has 0 bridgehead atoms. The van der Waals surface area contributed by atoms with E-state index in [0.29, 0.717) is 52.7 Å². The summed E-state index contributed by atoms with van der Waals surface area (Å²) in [6.07, 6.45) is 3.00. The minimum absolute atomic E-state index is 0.0574. The Kier molecular flexibility index (Phi) is 5.75. The molecule has 3 heterocycles. The molecule has 1 aliphatic rings. The summed E-state index contributed by atoms with van der Waals surface area (Å²) >= 11 is 0. The molecular weight excluding hydrogens is 432 g/mol. The second-order valence-electron chi connectivity index (χ2n) is 8.21. The summed E-state index contributed by atoms with van der Waals surface area (Å²) in [6.45, 7) is 1.29. The lowest BCUT2D eigenvalue weighted by Crippen LogP contribution is -2.39. The van der Waals surface area contributed by atoms with Crippen LogP contribution in [0, 0.1) is 0 Å². The lowest BCUT2D eigenvalue weighted by molar-refractivity contribution is 0.0691. The number of likely N-dealkylation sites (tertiary alicyclic amines) is 1. The third-order valence-corrected chi connectivity index (χ3v) is 6.29. The molecule has 0 saturated carbocycles. The fraction of sp³-hybridized carbons (Fsp3) is 0.280. The van der Waals surface area contributed by atoms with Gasteiger partial charge in [-0.15, -0.1) is 0 Å². The molecule has 2 aromatic heterocycles. The Morgan fingerprint density at radius 1 is 1.00 bits per heavy atom. The van der Waals surface area contributed by atoms with Crippen molar-refractivity contribution in [3.8, 4) is 22.8 Å². The SMILES string of the molecule is COc1ccc(-c2nn(C3CCN(C(=O)c4ccccc4)CC3)c3ncnc(N)c23)cc1OC. The number of piperidine rings is 1. The van der Waals surface area contributed by atoms with E-state index in [9.17, 15) is 4.79 Å². The van der Waals surface area contributed by atoms with Crippen LogP contribution in [0.1, 0.15) is 29.2 Å². The topological polar surface area (TPSA) is 108 Å². The van der Waals surface area contributed by atoms with Crippen molar-refractivity contribution < 1.29 is 14.3 Å². The number of nitrogen functional groups attached to an aromatic ring is 1. The molecule has 2 aromatic carbocycles. The van der Waals surface area contributed by atoms with Crippen LogP contribution < -0.4 is 15.2 Å². The van der Waals surface area contributed by atoms with Crippen LogP contribution in [0.25, 0.3) is 22.3 Å². The van der Waals surface area contributed by atoms with Gasteiger partial charge < -0.3 is 20.1 Å². The lowest BCUT2D eigenvalue weighted by atomic mass is 10.0. The van der Waals surface area contributed by atoms with Gasteiger partial charge >= 0.3 is 0 Å². The molecule has 9 nitrogen and oxygen atoms in total. The van der Waals surface area contributed by atoms with Gasteiger partial charge in [-0.2, -0.15) is 5.10 Å². The van der Waals surface area contributed by atoms with Gasteiger partial charge in [0.15, 0.2) is 17.1 Å². The van der Waals surface area contributed by atoms with Crippen molar-refractivity contribution in [1.29, 1.82) is 0 Å². The smallest absolute Gasteiger partial charge is 0.253 e. The highest BCUT2D eigenvalue weighted by Crippen LogP contribution is 2.37. The summed E-state index contributed by atoms with van der Waals surface area (Å²) in [7, 11) is 3.20. The van der Waals surface area contributed by atoms with E-state index in [0.717, 1.165) is 18.4 Å². The van der Waals surface area contributed by atoms with E-state index in [4.69, 9.17) is 20.3 Å². The Hall–Kier alpha value is -4.14. The number of hydrogen-bond acceptors (Lipinski definition) is 7. The molecule has 34 heavy (non-hydrogen) atoms. The van der Waals surface area contributed by atoms with Gasteiger partial charge in [0.25, 0.3) is 5.91 Å². The zero-order valence-electron chi connectivity index (χ0n) is 19.1. The Morgan fingerprint density at radius 2 is 1.74 bits per heavy atom. The van der Waals surface area contributed by atoms with E-state index in [1.165, 1.54) is 6.33 Å². The van der Waals surface area contributed by atoms with E-state index in [1.807, 2.05) is 58.1 Å². The number of amides is 1. The number of nitrogens with two attached hydrogens (primary N) is 1. The van der Waals surface area contributed by atoms with Crippen LogP contribution in [0.2, 0.25) is 0 Å². The first-order valence-electron chi connectivity index (χ1n) is 11.2. The maximum atomic E-state index is 12.8. The van der Waals surface area contributed by atoms with Gasteiger partial charge in [0.1, 0.15) is 17.8 Å². The first-order chi connectivity index (χ1) is 16.6. The molecule has 174 valence electrons. The summed E-state index contributed by atoms with van der Waals surface area (Å²) in [5.41, 5.74) is 9.20. The van der Waals surface area contributed by atoms with Crippen LogP contribution in [0.15, 0.2) is 54.9 Å². The maximum absolute atomic E-state index is 12.8. The quantitative estimate of drug-likeness (QED) is 0.487. The Labute approximate surface area is 197 Å². The molecule has 5 rings (SSSR count). The zero-order valence-corrected chi connectivity index (χ0v) is 19.1. The van der Waals surface area contributed by atoms with Crippen LogP contribution >= 0.6 is 0 Å². The predicted molar refractivity (Wildman–Crippen MR) is 129 cm³/mol. The second kappa shape index (κ2) is 9.01. The van der Waals surface area contributed by atoms with Crippen LogP contribution in [0.3, 0.4) is 0 Å². The number of aromatic nitrogens is 4. The van der Waals surface area contributed by atoms with Crippen molar-refractivity contribution in [2.24, 2.45) is 0 Å².